The number of para-hydroxylation sites is 2. The fraction of sp³-hybridized carbons (Fsp3) is 0.326. The molecule has 5 unspecified atom stereocenters. The average molecular weight is 1960 g/mol. The Labute approximate surface area is 808 Å². The number of hydrogen-bond acceptors (Lipinski definition) is 33. The third-order valence-electron chi connectivity index (χ3n) is 26.9. The number of halogens is 1. The molecule has 2 aromatic carbocycles. The minimum absolute atomic E-state index is 0.0203. The van der Waals surface area contributed by atoms with Gasteiger partial charge < -0.3 is 83.0 Å². The number of amides is 4. The molecule has 720 valence electrons. The van der Waals surface area contributed by atoms with Gasteiger partial charge in [0.1, 0.15) is 63.9 Å². The van der Waals surface area contributed by atoms with Crippen LogP contribution in [0.5, 0.6) is 0 Å². The lowest BCUT2D eigenvalue weighted by Crippen LogP contribution is -2.59. The molecule has 6 fully saturated rings. The lowest BCUT2D eigenvalue weighted by molar-refractivity contribution is -0.145. The first-order valence-electron chi connectivity index (χ1n) is 45.7. The molecule has 6 aliphatic rings. The summed E-state index contributed by atoms with van der Waals surface area (Å²) >= 11 is 3.57. The number of urea groups is 1. The molecule has 6 aliphatic heterocycles. The van der Waals surface area contributed by atoms with Crippen LogP contribution in [0.3, 0.4) is 0 Å². The number of aryl methyl sites for hydroxylation is 3. The number of anilines is 9. The number of pyridine rings is 2. The second-order valence-corrected chi connectivity index (χ2v) is 36.5. The maximum Gasteiger partial charge on any atom is 0.324 e. The Balaban J connectivity index is 0.000000112. The van der Waals surface area contributed by atoms with Crippen LogP contribution >= 0.6 is 15.9 Å². The van der Waals surface area contributed by atoms with Crippen molar-refractivity contribution < 1.29 is 43.0 Å². The number of esters is 3. The number of nitrogens with one attached hydrogen (secondary N) is 2. The van der Waals surface area contributed by atoms with Gasteiger partial charge in [-0.25, -0.2) is 29.7 Å². The lowest BCUT2D eigenvalue weighted by Gasteiger charge is -2.40. The zero-order valence-corrected chi connectivity index (χ0v) is 79.5. The van der Waals surface area contributed by atoms with Gasteiger partial charge in [0.05, 0.1) is 105 Å². The molecule has 140 heavy (non-hydrogen) atoms. The molecular formula is C95H104BrN35O9. The molecule has 6 saturated heterocycles. The summed E-state index contributed by atoms with van der Waals surface area (Å²) in [6.45, 7) is 6.20. The molecule has 21 heterocycles. The van der Waals surface area contributed by atoms with Crippen LogP contribution in [0.2, 0.25) is 0 Å². The summed E-state index contributed by atoms with van der Waals surface area (Å²) in [4.78, 5) is 114. The second-order valence-electron chi connectivity index (χ2n) is 35.7. The van der Waals surface area contributed by atoms with Crippen molar-refractivity contribution in [1.29, 1.82) is 0 Å². The number of carbonyl (C=O) groups is 6. The number of imide groups is 1. The number of methoxy groups -OCH3 is 3. The highest BCUT2D eigenvalue weighted by atomic mass is 79.9. The van der Waals surface area contributed by atoms with E-state index in [9.17, 15) is 28.8 Å². The van der Waals surface area contributed by atoms with Crippen LogP contribution in [0.25, 0.3) is 106 Å². The monoisotopic (exact) mass is 1960 g/mol. The van der Waals surface area contributed by atoms with Gasteiger partial charge in [0.25, 0.3) is 5.91 Å². The molecule has 0 saturated carbocycles. The number of carbonyl (C=O) groups excluding carboxylic acids is 6. The minimum atomic E-state index is -0.676. The van der Waals surface area contributed by atoms with Crippen molar-refractivity contribution >= 4 is 154 Å². The van der Waals surface area contributed by atoms with E-state index in [4.69, 9.17) is 73.5 Å². The van der Waals surface area contributed by atoms with Crippen molar-refractivity contribution in [2.75, 3.05) is 136 Å². The summed E-state index contributed by atoms with van der Waals surface area (Å²) < 4.78 is 28.7. The second kappa shape index (κ2) is 38.6. The number of benzene rings is 2. The Morgan fingerprint density at radius 1 is 0.471 bits per heavy atom. The fourth-order valence-electron chi connectivity index (χ4n) is 19.1. The minimum Gasteiger partial charge on any atom is -0.469 e. The molecule has 45 heteroatoms. The van der Waals surface area contributed by atoms with Crippen LogP contribution in [0, 0.1) is 17.8 Å². The fourth-order valence-corrected chi connectivity index (χ4v) is 19.7. The molecule has 5 atom stereocenters. The highest BCUT2D eigenvalue weighted by molar-refractivity contribution is 9.10. The Hall–Kier alpha value is -16.5. The summed E-state index contributed by atoms with van der Waals surface area (Å²) in [6.07, 6.45) is 29.8. The molecule has 44 nitrogen and oxygen atoms in total. The van der Waals surface area contributed by atoms with Gasteiger partial charge in [-0.1, -0.05) is 36.4 Å². The normalized spacial score (nSPS) is 17.8. The Morgan fingerprint density at radius 2 is 0.907 bits per heavy atom. The topological polar surface area (TPSA) is 544 Å². The summed E-state index contributed by atoms with van der Waals surface area (Å²) in [6, 6.07) is 28.7. The van der Waals surface area contributed by atoms with Gasteiger partial charge in [-0.2, -0.15) is 58.3 Å². The molecule has 0 aliphatic carbocycles. The van der Waals surface area contributed by atoms with Crippen LogP contribution < -0.4 is 64.6 Å². The van der Waals surface area contributed by atoms with Crippen LogP contribution in [0.4, 0.5) is 57.2 Å². The molecule has 0 spiro atoms. The largest absolute Gasteiger partial charge is 0.469 e. The van der Waals surface area contributed by atoms with Crippen molar-refractivity contribution in [2.24, 2.45) is 44.6 Å². The highest BCUT2D eigenvalue weighted by Crippen LogP contribution is 2.42. The van der Waals surface area contributed by atoms with E-state index >= 15 is 0 Å². The van der Waals surface area contributed by atoms with Gasteiger partial charge in [-0.3, -0.25) is 48.6 Å². The van der Waals surface area contributed by atoms with Gasteiger partial charge in [0.2, 0.25) is 5.91 Å². The van der Waals surface area contributed by atoms with Crippen molar-refractivity contribution in [3.63, 3.8) is 0 Å². The third kappa shape index (κ3) is 18.3. The Morgan fingerprint density at radius 3 is 1.34 bits per heavy atom. The van der Waals surface area contributed by atoms with E-state index in [0.717, 1.165) is 165 Å². The molecule has 23 rings (SSSR count). The van der Waals surface area contributed by atoms with E-state index < -0.39 is 5.54 Å². The number of ether oxygens (including phenoxy) is 3. The van der Waals surface area contributed by atoms with Crippen LogP contribution in [-0.2, 0) is 59.3 Å². The number of nitrogens with zero attached hydrogens (tertiary/aromatic N) is 27. The predicted octanol–water partition coefficient (Wildman–Crippen LogP) is 8.18. The number of piperidine rings is 2. The van der Waals surface area contributed by atoms with E-state index in [1.165, 1.54) is 21.3 Å². The third-order valence-corrected chi connectivity index (χ3v) is 27.7. The van der Waals surface area contributed by atoms with E-state index in [2.05, 4.69) is 104 Å². The van der Waals surface area contributed by atoms with Gasteiger partial charge >= 0.3 is 23.9 Å². The van der Waals surface area contributed by atoms with E-state index in [1.54, 1.807) is 93.3 Å². The molecule has 17 aromatic rings. The highest BCUT2D eigenvalue weighted by Gasteiger charge is 2.45. The maximum absolute atomic E-state index is 12.1. The number of hydrogen-bond donors (Lipinski definition) is 8. The van der Waals surface area contributed by atoms with Gasteiger partial charge in [-0.05, 0) is 110 Å². The molecule has 14 N–H and O–H groups in total. The molecular weight excluding hydrogens is 1860 g/mol. The van der Waals surface area contributed by atoms with Crippen LogP contribution in [0.1, 0.15) is 69.4 Å². The number of primary amides is 1. The van der Waals surface area contributed by atoms with Crippen molar-refractivity contribution in [1.82, 2.24) is 123 Å². The zero-order chi connectivity index (χ0) is 97.6. The molecule has 15 aromatic heterocycles. The number of fused-ring (bicyclic) bond motifs is 8. The summed E-state index contributed by atoms with van der Waals surface area (Å²) in [5, 5.41) is 38.0. The molecule has 4 amide bonds. The first-order valence-corrected chi connectivity index (χ1v) is 46.5. The van der Waals surface area contributed by atoms with Crippen LogP contribution in [0.15, 0.2) is 176 Å². The quantitative estimate of drug-likeness (QED) is 0.0242. The Kier molecular flexibility index (Phi) is 25.5. The Bertz CT molecular complexity index is 7630. The lowest BCUT2D eigenvalue weighted by atomic mass is 9.87. The van der Waals surface area contributed by atoms with E-state index in [0.29, 0.717) is 120 Å². The molecule has 0 radical (unpaired) electrons. The average Bonchev–Trinajstić information content (AvgIpc) is 1.58. The number of nitrogens with two attached hydrogens (primary N) is 6. The van der Waals surface area contributed by atoms with Crippen LogP contribution in [-0.4, -0.2) is 247 Å². The number of likely N-dealkylation sites (N-methyl/N-ethyl adjacent to an activating group) is 1. The number of aromatic nitrogens is 22. The smallest absolute Gasteiger partial charge is 0.324 e. The first-order chi connectivity index (χ1) is 67.7. The van der Waals surface area contributed by atoms with E-state index in [-0.39, 0.29) is 65.5 Å². The van der Waals surface area contributed by atoms with Gasteiger partial charge in [0, 0.05) is 214 Å². The standard InChI is InChI=1S/C22H24N8O.C22H22N6O2.C18H18BrN7O2.C17H21N7O2.C16H19N7O2/c1-25-22(21(24)31)6-8-29(9-7-22)19-11-18(23)30-20(28-19)16(13-27-30)15-10-14-4-2-3-5-17(14)26-12-15;1-30-21(29)8-14-6-7-27(13-14)20-10-19(23)28-22(26-20)17(12-25-28)16-9-15-4-2-3-5-18(15)24-11-16;1-24-5-4-9(7-24)11-6-21-26-15(20)13(19)14(22-16(11)26)10-2-3-12-17(27)23-18(28)25(12)8-10;1-22-10-12(7-19-22)13-8-20-24-14(18)6-15(21-17(13)24)23-4-3-11(9-23)5-16(25)26-2;1-21-8-11(6-18-21)12-7-19-23-13(17)5-14(20-15(12)23)22-4-3-10(9-22)16(24)25-2/h2-5,10-13,25H,6-9,23H2,1H3,(H2,24,31);2-5,9-12,14H,6-8,13,23H2,1H3;4-7,10,12H,2-3,8,20H2,1H3,(H,23,27,28);6-8,10-11H,3-5,9,18H2,1-2H3;5-8,10H,3-4,9,17H2,1-2H3. The van der Waals surface area contributed by atoms with Crippen molar-refractivity contribution in [2.45, 2.75) is 75.3 Å². The van der Waals surface area contributed by atoms with Gasteiger partial charge in [0.15, 0.2) is 28.2 Å². The SMILES string of the molecule is CNC1(C(N)=O)CCN(c2cc(N)n3ncc(-c4cnc5ccccc5c4)c3n2)CC1.COC(=O)C1CCN(c2cc(N)n3ncc(-c4cnn(C)c4)c3n2)C1.COC(=O)CC1CCN(c2cc(N)n3ncc(-c4cnc5ccccc5c4)c3n2)C1.COC(=O)CC1CCN(c2cc(N)n3ncc(-c4cnn(C)c4)c3n2)C1.Cn1ccc(-c2cnn3c(N)c(Br)c(C4CCC5C(=O)NC(=O)N5C4)nc23)c1. The first kappa shape index (κ1) is 92.6. The summed E-state index contributed by atoms with van der Waals surface area (Å²) in [5.41, 5.74) is 51.5. The number of rotatable bonds is 17. The predicted molar refractivity (Wildman–Crippen MR) is 530 cm³/mol. The summed E-state index contributed by atoms with van der Waals surface area (Å²) in [5.74, 6) is 4.90. The zero-order valence-electron chi connectivity index (χ0n) is 77.9. The summed E-state index contributed by atoms with van der Waals surface area (Å²) in [7, 11) is 11.7. The molecule has 0 bridgehead atoms. The van der Waals surface area contributed by atoms with Crippen molar-refractivity contribution in [3.05, 3.63) is 182 Å². The van der Waals surface area contributed by atoms with E-state index in [1.807, 2.05) is 136 Å². The van der Waals surface area contributed by atoms with Gasteiger partial charge in [-0.15, -0.1) is 0 Å². The van der Waals surface area contributed by atoms with Crippen molar-refractivity contribution in [3.8, 4) is 55.6 Å². The maximum atomic E-state index is 12.1. The number of nitrogen functional groups attached to an aromatic ring is 5.